The second kappa shape index (κ2) is 9.45. The zero-order chi connectivity index (χ0) is 17.4. The van der Waals surface area contributed by atoms with Crippen molar-refractivity contribution in [1.29, 1.82) is 0 Å². The van der Waals surface area contributed by atoms with E-state index in [1.165, 1.54) is 0 Å². The van der Waals surface area contributed by atoms with Gasteiger partial charge in [0.1, 0.15) is 0 Å². The summed E-state index contributed by atoms with van der Waals surface area (Å²) in [6.45, 7) is 8.07. The normalized spacial score (nSPS) is 27.5. The van der Waals surface area contributed by atoms with Crippen molar-refractivity contribution in [2.24, 2.45) is 23.7 Å². The lowest BCUT2D eigenvalue weighted by atomic mass is 9.62. The molecule has 3 aliphatic rings. The summed E-state index contributed by atoms with van der Waals surface area (Å²) in [5.41, 5.74) is 0. The molecule has 1 saturated carbocycles. The lowest BCUT2D eigenvalue weighted by molar-refractivity contribution is -0.167. The Kier molecular flexibility index (Phi) is 7.29. The molecular formula is C20H28O4. The molecule has 0 heterocycles. The molecule has 4 atom stereocenters. The predicted molar refractivity (Wildman–Crippen MR) is 93.1 cm³/mol. The Morgan fingerprint density at radius 3 is 1.62 bits per heavy atom. The van der Waals surface area contributed by atoms with Gasteiger partial charge in [-0.15, -0.1) is 13.2 Å². The van der Waals surface area contributed by atoms with Crippen LogP contribution in [0.4, 0.5) is 0 Å². The van der Waals surface area contributed by atoms with Gasteiger partial charge in [0.25, 0.3) is 0 Å². The van der Waals surface area contributed by atoms with Gasteiger partial charge in [-0.25, -0.2) is 0 Å². The molecule has 0 aliphatic heterocycles. The number of unbranched alkanes of at least 4 members (excludes halogenated alkanes) is 2. The van der Waals surface area contributed by atoms with Crippen molar-refractivity contribution >= 4 is 11.9 Å². The van der Waals surface area contributed by atoms with Crippen LogP contribution in [0.25, 0.3) is 0 Å². The van der Waals surface area contributed by atoms with E-state index in [2.05, 4.69) is 25.3 Å². The van der Waals surface area contributed by atoms with E-state index >= 15 is 0 Å². The summed E-state index contributed by atoms with van der Waals surface area (Å²) in [5.74, 6) is -1.13. The van der Waals surface area contributed by atoms with Gasteiger partial charge in [-0.2, -0.15) is 0 Å². The van der Waals surface area contributed by atoms with Gasteiger partial charge in [-0.1, -0.05) is 24.3 Å². The van der Waals surface area contributed by atoms with Crippen molar-refractivity contribution < 1.29 is 19.1 Å². The number of carbonyl (C=O) groups excluding carboxylic acids is 2. The Bertz CT molecular complexity index is 450. The van der Waals surface area contributed by atoms with Crippen LogP contribution in [0.3, 0.4) is 0 Å². The Hall–Kier alpha value is -1.84. The first-order valence-corrected chi connectivity index (χ1v) is 8.92. The number of fused-ring (bicyclic) bond motifs is 2. The maximum atomic E-state index is 12.5. The molecular weight excluding hydrogens is 304 g/mol. The number of hydrogen-bond acceptors (Lipinski definition) is 4. The highest BCUT2D eigenvalue weighted by molar-refractivity contribution is 5.83. The van der Waals surface area contributed by atoms with Crippen LogP contribution < -0.4 is 0 Å². The highest BCUT2D eigenvalue weighted by Gasteiger charge is 2.49. The van der Waals surface area contributed by atoms with Crippen molar-refractivity contribution in [1.82, 2.24) is 0 Å². The van der Waals surface area contributed by atoms with E-state index in [-0.39, 0.29) is 23.8 Å². The topological polar surface area (TPSA) is 52.6 Å². The first-order chi connectivity index (χ1) is 11.7. The van der Waals surface area contributed by atoms with Crippen LogP contribution in [-0.4, -0.2) is 25.2 Å². The molecule has 4 heteroatoms. The maximum absolute atomic E-state index is 12.5. The summed E-state index contributed by atoms with van der Waals surface area (Å²) in [5, 5.41) is 0. The second-order valence-corrected chi connectivity index (χ2v) is 6.54. The van der Waals surface area contributed by atoms with Gasteiger partial charge in [-0.3, -0.25) is 9.59 Å². The number of carbonyl (C=O) groups is 2. The van der Waals surface area contributed by atoms with Gasteiger partial charge in [0.15, 0.2) is 0 Å². The molecule has 0 aromatic heterocycles. The zero-order valence-corrected chi connectivity index (χ0v) is 14.3. The minimum atomic E-state index is -0.399. The minimum Gasteiger partial charge on any atom is -0.465 e. The maximum Gasteiger partial charge on any atom is 0.310 e. The lowest BCUT2D eigenvalue weighted by Gasteiger charge is -2.42. The fourth-order valence-electron chi connectivity index (χ4n) is 3.63. The van der Waals surface area contributed by atoms with Crippen LogP contribution in [0, 0.1) is 23.7 Å². The van der Waals surface area contributed by atoms with Crippen molar-refractivity contribution in [2.45, 2.75) is 38.5 Å². The highest BCUT2D eigenvalue weighted by Crippen LogP contribution is 2.45. The van der Waals surface area contributed by atoms with Crippen LogP contribution in [-0.2, 0) is 19.1 Å². The lowest BCUT2D eigenvalue weighted by Crippen LogP contribution is -2.46. The van der Waals surface area contributed by atoms with E-state index in [4.69, 9.17) is 9.47 Å². The van der Waals surface area contributed by atoms with Crippen molar-refractivity contribution in [3.8, 4) is 0 Å². The molecule has 0 amide bonds. The van der Waals surface area contributed by atoms with Gasteiger partial charge in [0.2, 0.25) is 0 Å². The van der Waals surface area contributed by atoms with Gasteiger partial charge in [-0.05, 0) is 50.4 Å². The Morgan fingerprint density at radius 2 is 1.29 bits per heavy atom. The van der Waals surface area contributed by atoms with E-state index in [1.54, 1.807) is 0 Å². The van der Waals surface area contributed by atoms with Gasteiger partial charge >= 0.3 is 11.9 Å². The molecule has 0 spiro atoms. The van der Waals surface area contributed by atoms with E-state index in [9.17, 15) is 9.59 Å². The summed E-state index contributed by atoms with van der Waals surface area (Å²) in [6, 6.07) is 0. The number of hydrogen-bond donors (Lipinski definition) is 0. The van der Waals surface area contributed by atoms with Gasteiger partial charge < -0.3 is 9.47 Å². The molecule has 0 N–H and O–H groups in total. The smallest absolute Gasteiger partial charge is 0.310 e. The number of allylic oxidation sites excluding steroid dienone is 4. The van der Waals surface area contributed by atoms with E-state index in [0.29, 0.717) is 13.2 Å². The molecule has 0 aromatic rings. The molecule has 0 aromatic carbocycles. The molecule has 1 fully saturated rings. The average Bonchev–Trinajstić information content (AvgIpc) is 2.62. The van der Waals surface area contributed by atoms with Crippen molar-refractivity contribution in [2.75, 3.05) is 13.2 Å². The molecule has 3 aliphatic carbocycles. The average molecular weight is 332 g/mol. The number of esters is 2. The fourth-order valence-corrected chi connectivity index (χ4v) is 3.63. The van der Waals surface area contributed by atoms with Crippen LogP contribution in [0.15, 0.2) is 37.5 Å². The molecule has 24 heavy (non-hydrogen) atoms. The molecule has 0 saturated heterocycles. The monoisotopic (exact) mass is 332 g/mol. The van der Waals surface area contributed by atoms with E-state index in [1.807, 2.05) is 12.2 Å². The van der Waals surface area contributed by atoms with Crippen molar-refractivity contribution in [3.63, 3.8) is 0 Å². The molecule has 2 bridgehead atoms. The third kappa shape index (κ3) is 4.59. The van der Waals surface area contributed by atoms with E-state index in [0.717, 1.165) is 38.5 Å². The molecule has 4 unspecified atom stereocenters. The summed E-state index contributed by atoms with van der Waals surface area (Å²) in [6.07, 6.45) is 12.8. The third-order valence-electron chi connectivity index (χ3n) is 4.89. The molecule has 132 valence electrons. The van der Waals surface area contributed by atoms with Crippen LogP contribution in [0.2, 0.25) is 0 Å². The zero-order valence-electron chi connectivity index (χ0n) is 14.3. The molecule has 3 rings (SSSR count). The first kappa shape index (κ1) is 18.5. The summed E-state index contributed by atoms with van der Waals surface area (Å²) in [7, 11) is 0. The van der Waals surface area contributed by atoms with E-state index < -0.39 is 11.8 Å². The molecule has 4 nitrogen and oxygen atoms in total. The number of ether oxygens (including phenoxy) is 2. The largest absolute Gasteiger partial charge is 0.465 e. The van der Waals surface area contributed by atoms with Crippen LogP contribution >= 0.6 is 0 Å². The van der Waals surface area contributed by atoms with Gasteiger partial charge in [0.05, 0.1) is 25.0 Å². The van der Waals surface area contributed by atoms with Crippen molar-refractivity contribution in [3.05, 3.63) is 37.5 Å². The Morgan fingerprint density at radius 1 is 0.875 bits per heavy atom. The van der Waals surface area contributed by atoms with Gasteiger partial charge in [0, 0.05) is 0 Å². The predicted octanol–water partition coefficient (Wildman–Crippen LogP) is 3.83. The standard InChI is InChI=1S/C20H28O4/c1-3-5-7-13-23-19(21)17-15-9-11-16(12-10-15)18(17)20(22)24-14-8-6-4-2/h3-4,9,11,15-18H,1-2,5-8,10,12-14H2. The Labute approximate surface area is 144 Å². The molecule has 0 radical (unpaired) electrons. The second-order valence-electron chi connectivity index (χ2n) is 6.54. The minimum absolute atomic E-state index is 0.0904. The fraction of sp³-hybridized carbons (Fsp3) is 0.600. The summed E-state index contributed by atoms with van der Waals surface area (Å²) < 4.78 is 10.8. The Balaban J connectivity index is 1.96. The SMILES string of the molecule is C=CCCCOC(=O)C1C2C=CC(CC2)C1C(=O)OCCCC=C. The number of rotatable bonds is 10. The summed E-state index contributed by atoms with van der Waals surface area (Å²) in [4.78, 5) is 25.1. The van der Waals surface area contributed by atoms with Crippen LogP contribution in [0.5, 0.6) is 0 Å². The first-order valence-electron chi connectivity index (χ1n) is 8.92. The van der Waals surface area contributed by atoms with Crippen LogP contribution in [0.1, 0.15) is 38.5 Å². The highest BCUT2D eigenvalue weighted by atomic mass is 16.5. The summed E-state index contributed by atoms with van der Waals surface area (Å²) >= 11 is 0. The third-order valence-corrected chi connectivity index (χ3v) is 4.89. The quantitative estimate of drug-likeness (QED) is 0.346.